The predicted molar refractivity (Wildman–Crippen MR) is 95.5 cm³/mol. The molecule has 6 nitrogen and oxygen atoms in total. The van der Waals surface area contributed by atoms with E-state index in [1.807, 2.05) is 54.3 Å². The van der Waals surface area contributed by atoms with Gasteiger partial charge in [0.15, 0.2) is 5.58 Å². The number of aromatic nitrogens is 2. The molecule has 4 rings (SSSR count). The lowest BCUT2D eigenvalue weighted by atomic mass is 10.1. The second-order valence-corrected chi connectivity index (χ2v) is 6.30. The van der Waals surface area contributed by atoms with Crippen LogP contribution in [0.3, 0.4) is 0 Å². The smallest absolute Gasteiger partial charge is 0.300 e. The number of aryl methyl sites for hydroxylation is 1. The number of hydrogen-bond acceptors (Lipinski definition) is 5. The van der Waals surface area contributed by atoms with E-state index < -0.39 is 0 Å². The van der Waals surface area contributed by atoms with E-state index in [2.05, 4.69) is 14.9 Å². The summed E-state index contributed by atoms with van der Waals surface area (Å²) in [5.41, 5.74) is 3.31. The van der Waals surface area contributed by atoms with Crippen LogP contribution in [0.15, 0.2) is 46.9 Å². The number of amides is 1. The van der Waals surface area contributed by atoms with Gasteiger partial charge in [0.25, 0.3) is 6.01 Å². The first kappa shape index (κ1) is 15.6. The molecule has 128 valence electrons. The lowest BCUT2D eigenvalue weighted by molar-refractivity contribution is -0.130. The fourth-order valence-corrected chi connectivity index (χ4v) is 3.07. The standard InChI is InChI=1S/C19H20N4O2/c1-14-7-8-16-18(20-14)21-19(25-16)23-11-9-22(10-12-23)17(24)13-15-5-3-2-4-6-15/h2-8H,9-13H2,1H3. The number of carbonyl (C=O) groups excluding carboxylic acids is 1. The molecule has 1 aliphatic rings. The quantitative estimate of drug-likeness (QED) is 0.735. The van der Waals surface area contributed by atoms with Gasteiger partial charge in [-0.3, -0.25) is 4.79 Å². The molecule has 2 aromatic heterocycles. The number of anilines is 1. The normalized spacial score (nSPS) is 14.9. The van der Waals surface area contributed by atoms with Gasteiger partial charge in [-0.05, 0) is 24.6 Å². The summed E-state index contributed by atoms with van der Waals surface area (Å²) in [5, 5.41) is 0. The van der Waals surface area contributed by atoms with Crippen molar-refractivity contribution in [2.24, 2.45) is 0 Å². The lowest BCUT2D eigenvalue weighted by Crippen LogP contribution is -2.49. The van der Waals surface area contributed by atoms with Crippen LogP contribution in [-0.4, -0.2) is 47.0 Å². The number of benzene rings is 1. The van der Waals surface area contributed by atoms with Crippen LogP contribution in [0.25, 0.3) is 11.2 Å². The highest BCUT2D eigenvalue weighted by Gasteiger charge is 2.24. The third-order valence-electron chi connectivity index (χ3n) is 4.48. The molecule has 3 heterocycles. The fourth-order valence-electron chi connectivity index (χ4n) is 3.07. The molecule has 1 aliphatic heterocycles. The van der Waals surface area contributed by atoms with Crippen LogP contribution in [0, 0.1) is 6.92 Å². The molecule has 0 spiro atoms. The number of oxazole rings is 1. The van der Waals surface area contributed by atoms with Crippen molar-refractivity contribution < 1.29 is 9.21 Å². The monoisotopic (exact) mass is 336 g/mol. The van der Waals surface area contributed by atoms with Gasteiger partial charge >= 0.3 is 0 Å². The van der Waals surface area contributed by atoms with Gasteiger partial charge in [-0.25, -0.2) is 4.98 Å². The molecular formula is C19H20N4O2. The summed E-state index contributed by atoms with van der Waals surface area (Å²) in [6.07, 6.45) is 0.451. The SMILES string of the molecule is Cc1ccc2oc(N3CCN(C(=O)Cc4ccccc4)CC3)nc2n1. The molecule has 0 N–H and O–H groups in total. The molecule has 6 heteroatoms. The Labute approximate surface area is 146 Å². The molecule has 0 saturated carbocycles. The van der Waals surface area contributed by atoms with E-state index in [1.54, 1.807) is 0 Å². The van der Waals surface area contributed by atoms with Crippen LogP contribution in [0.1, 0.15) is 11.3 Å². The molecule has 1 fully saturated rings. The molecule has 25 heavy (non-hydrogen) atoms. The summed E-state index contributed by atoms with van der Waals surface area (Å²) in [6.45, 7) is 4.72. The average molecular weight is 336 g/mol. The Morgan fingerprint density at radius 3 is 2.56 bits per heavy atom. The molecule has 0 unspecified atom stereocenters. The van der Waals surface area contributed by atoms with Gasteiger partial charge in [-0.2, -0.15) is 4.98 Å². The maximum absolute atomic E-state index is 12.4. The van der Waals surface area contributed by atoms with Gasteiger partial charge in [-0.1, -0.05) is 30.3 Å². The summed E-state index contributed by atoms with van der Waals surface area (Å²) in [6, 6.07) is 14.3. The molecule has 0 bridgehead atoms. The van der Waals surface area contributed by atoms with Crippen molar-refractivity contribution in [3.63, 3.8) is 0 Å². The highest BCUT2D eigenvalue weighted by Crippen LogP contribution is 2.22. The summed E-state index contributed by atoms with van der Waals surface area (Å²) in [5.74, 6) is 0.167. The van der Waals surface area contributed by atoms with Gasteiger partial charge in [0.2, 0.25) is 11.6 Å². The zero-order valence-electron chi connectivity index (χ0n) is 14.2. The van der Waals surface area contributed by atoms with Crippen molar-refractivity contribution in [2.75, 3.05) is 31.1 Å². The minimum atomic E-state index is 0.167. The number of piperazine rings is 1. The van der Waals surface area contributed by atoms with E-state index in [1.165, 1.54) is 0 Å². The van der Waals surface area contributed by atoms with Crippen molar-refractivity contribution in [3.8, 4) is 0 Å². The van der Waals surface area contributed by atoms with Crippen molar-refractivity contribution in [2.45, 2.75) is 13.3 Å². The van der Waals surface area contributed by atoms with Gasteiger partial charge < -0.3 is 14.2 Å². The fraction of sp³-hybridized carbons (Fsp3) is 0.316. The van der Waals surface area contributed by atoms with Crippen molar-refractivity contribution >= 4 is 23.2 Å². The van der Waals surface area contributed by atoms with Crippen LogP contribution < -0.4 is 4.90 Å². The molecule has 1 amide bonds. The summed E-state index contributed by atoms with van der Waals surface area (Å²) >= 11 is 0. The van der Waals surface area contributed by atoms with E-state index in [4.69, 9.17) is 4.42 Å². The molecule has 1 aromatic carbocycles. The zero-order chi connectivity index (χ0) is 17.2. The van der Waals surface area contributed by atoms with Crippen LogP contribution in [0.4, 0.5) is 6.01 Å². The number of rotatable bonds is 3. The number of nitrogens with zero attached hydrogens (tertiary/aromatic N) is 4. The number of carbonyl (C=O) groups is 1. The van der Waals surface area contributed by atoms with E-state index in [0.717, 1.165) is 11.3 Å². The zero-order valence-corrected chi connectivity index (χ0v) is 14.2. The second-order valence-electron chi connectivity index (χ2n) is 6.30. The minimum Gasteiger partial charge on any atom is -0.422 e. The molecule has 1 saturated heterocycles. The minimum absolute atomic E-state index is 0.167. The molecular weight excluding hydrogens is 316 g/mol. The molecule has 0 atom stereocenters. The van der Waals surface area contributed by atoms with Gasteiger partial charge in [0, 0.05) is 31.9 Å². The second kappa shape index (κ2) is 6.55. The Kier molecular flexibility index (Phi) is 4.09. The van der Waals surface area contributed by atoms with Crippen molar-refractivity contribution in [3.05, 3.63) is 53.7 Å². The maximum atomic E-state index is 12.4. The number of fused-ring (bicyclic) bond motifs is 1. The van der Waals surface area contributed by atoms with Crippen LogP contribution in [0.2, 0.25) is 0 Å². The van der Waals surface area contributed by atoms with Crippen molar-refractivity contribution in [1.82, 2.24) is 14.9 Å². The molecule has 0 radical (unpaired) electrons. The van der Waals surface area contributed by atoms with Crippen molar-refractivity contribution in [1.29, 1.82) is 0 Å². The first-order valence-corrected chi connectivity index (χ1v) is 8.50. The van der Waals surface area contributed by atoms with Gasteiger partial charge in [-0.15, -0.1) is 0 Å². The number of pyridine rings is 1. The Hall–Kier alpha value is -2.89. The van der Waals surface area contributed by atoms with Crippen LogP contribution in [-0.2, 0) is 11.2 Å². The van der Waals surface area contributed by atoms with E-state index in [-0.39, 0.29) is 5.91 Å². The molecule has 3 aromatic rings. The molecule has 0 aliphatic carbocycles. The highest BCUT2D eigenvalue weighted by atomic mass is 16.4. The third-order valence-corrected chi connectivity index (χ3v) is 4.48. The highest BCUT2D eigenvalue weighted by molar-refractivity contribution is 5.79. The van der Waals surface area contributed by atoms with Gasteiger partial charge in [0.1, 0.15) is 0 Å². The first-order valence-electron chi connectivity index (χ1n) is 8.50. The van der Waals surface area contributed by atoms with E-state index in [0.29, 0.717) is 49.8 Å². The predicted octanol–water partition coefficient (Wildman–Crippen LogP) is 2.42. The summed E-state index contributed by atoms with van der Waals surface area (Å²) < 4.78 is 5.80. The van der Waals surface area contributed by atoms with Gasteiger partial charge in [0.05, 0.1) is 6.42 Å². The average Bonchev–Trinajstić information content (AvgIpc) is 3.06. The Balaban J connectivity index is 1.39. The maximum Gasteiger partial charge on any atom is 0.300 e. The number of hydrogen-bond donors (Lipinski definition) is 0. The Bertz CT molecular complexity index is 883. The summed E-state index contributed by atoms with van der Waals surface area (Å²) in [4.78, 5) is 25.3. The first-order chi connectivity index (χ1) is 12.2. The largest absolute Gasteiger partial charge is 0.422 e. The lowest BCUT2D eigenvalue weighted by Gasteiger charge is -2.33. The Morgan fingerprint density at radius 2 is 1.80 bits per heavy atom. The van der Waals surface area contributed by atoms with E-state index >= 15 is 0 Å². The van der Waals surface area contributed by atoms with Crippen LogP contribution in [0.5, 0.6) is 0 Å². The topological polar surface area (TPSA) is 62.5 Å². The summed E-state index contributed by atoms with van der Waals surface area (Å²) in [7, 11) is 0. The van der Waals surface area contributed by atoms with E-state index in [9.17, 15) is 4.79 Å². The van der Waals surface area contributed by atoms with Crippen LogP contribution >= 0.6 is 0 Å². The third kappa shape index (κ3) is 3.33. The Morgan fingerprint density at radius 1 is 1.04 bits per heavy atom.